The van der Waals surface area contributed by atoms with Crippen molar-refractivity contribution in [3.8, 4) is 0 Å². The number of amides is 1. The van der Waals surface area contributed by atoms with Crippen LogP contribution in [0.5, 0.6) is 0 Å². The number of nitrogens with one attached hydrogen (secondary N) is 1. The topological polar surface area (TPSA) is 72.9 Å². The third-order valence-corrected chi connectivity index (χ3v) is 4.51. The van der Waals surface area contributed by atoms with Gasteiger partial charge in [-0.2, -0.15) is 5.10 Å². The lowest BCUT2D eigenvalue weighted by Gasteiger charge is -2.26. The number of fused-ring (bicyclic) bond motifs is 2. The predicted molar refractivity (Wildman–Crippen MR) is 76.4 cm³/mol. The second-order valence-electron chi connectivity index (χ2n) is 5.77. The maximum atomic E-state index is 12.3. The molecule has 1 aromatic rings. The van der Waals surface area contributed by atoms with Crippen LogP contribution in [-0.4, -0.2) is 28.2 Å². The highest BCUT2D eigenvalue weighted by molar-refractivity contribution is 5.93. The molecule has 0 aliphatic heterocycles. The van der Waals surface area contributed by atoms with Gasteiger partial charge in [0.25, 0.3) is 6.43 Å². The minimum atomic E-state index is -2.46. The molecule has 5 nitrogen and oxygen atoms in total. The lowest BCUT2D eigenvalue weighted by molar-refractivity contribution is -0.121. The van der Waals surface area contributed by atoms with Crippen LogP contribution >= 0.6 is 12.4 Å². The molecule has 2 fully saturated rings. The Labute approximate surface area is 127 Å². The fourth-order valence-electron chi connectivity index (χ4n) is 3.62. The van der Waals surface area contributed by atoms with Gasteiger partial charge in [-0.05, 0) is 31.1 Å². The van der Waals surface area contributed by atoms with Gasteiger partial charge in [0.15, 0.2) is 0 Å². The molecule has 2 bridgehead atoms. The molecule has 2 saturated carbocycles. The van der Waals surface area contributed by atoms with Gasteiger partial charge in [0.05, 0.1) is 17.8 Å². The van der Waals surface area contributed by atoms with Crippen molar-refractivity contribution in [1.29, 1.82) is 0 Å². The van der Waals surface area contributed by atoms with Crippen molar-refractivity contribution in [1.82, 2.24) is 9.78 Å². The van der Waals surface area contributed by atoms with E-state index in [4.69, 9.17) is 5.73 Å². The Balaban J connectivity index is 0.00000161. The van der Waals surface area contributed by atoms with Crippen LogP contribution in [0.4, 0.5) is 14.5 Å². The van der Waals surface area contributed by atoms with Gasteiger partial charge in [-0.25, -0.2) is 8.78 Å². The number of hydrogen-bond acceptors (Lipinski definition) is 3. The first-order valence-corrected chi connectivity index (χ1v) is 6.91. The summed E-state index contributed by atoms with van der Waals surface area (Å²) in [5.41, 5.74) is 6.56. The highest BCUT2D eigenvalue weighted by Gasteiger charge is 2.49. The number of alkyl halides is 2. The lowest BCUT2D eigenvalue weighted by atomic mass is 9.84. The molecule has 0 radical (unpaired) electrons. The molecule has 1 heterocycles. The molecule has 2 aliphatic carbocycles. The monoisotopic (exact) mass is 320 g/mol. The second-order valence-corrected chi connectivity index (χ2v) is 5.77. The molecule has 8 heteroatoms. The van der Waals surface area contributed by atoms with Crippen LogP contribution in [-0.2, 0) is 11.3 Å². The van der Waals surface area contributed by atoms with E-state index in [-0.39, 0.29) is 30.3 Å². The SMILES string of the molecule is Cl.NC1C2CCC(C2)C1C(=O)Nc1cnn(CC(F)F)c1. The van der Waals surface area contributed by atoms with Gasteiger partial charge in [0, 0.05) is 12.2 Å². The molecule has 4 atom stereocenters. The van der Waals surface area contributed by atoms with Gasteiger partial charge >= 0.3 is 0 Å². The van der Waals surface area contributed by atoms with Crippen LogP contribution in [0.2, 0.25) is 0 Å². The molecular weight excluding hydrogens is 302 g/mol. The number of aromatic nitrogens is 2. The average molecular weight is 321 g/mol. The van der Waals surface area contributed by atoms with E-state index < -0.39 is 13.0 Å². The van der Waals surface area contributed by atoms with E-state index in [1.165, 1.54) is 12.4 Å². The summed E-state index contributed by atoms with van der Waals surface area (Å²) in [6.45, 7) is -0.469. The molecule has 0 aromatic carbocycles. The minimum absolute atomic E-state index is 0. The number of nitrogens with two attached hydrogens (primary N) is 1. The van der Waals surface area contributed by atoms with Crippen LogP contribution < -0.4 is 11.1 Å². The van der Waals surface area contributed by atoms with E-state index >= 15 is 0 Å². The Bertz CT molecular complexity index is 508. The quantitative estimate of drug-likeness (QED) is 0.889. The van der Waals surface area contributed by atoms with Gasteiger partial charge in [-0.3, -0.25) is 9.48 Å². The maximum absolute atomic E-state index is 12.3. The van der Waals surface area contributed by atoms with E-state index in [9.17, 15) is 13.6 Å². The number of rotatable bonds is 4. The summed E-state index contributed by atoms with van der Waals surface area (Å²) in [4.78, 5) is 12.3. The fourth-order valence-corrected chi connectivity index (χ4v) is 3.62. The zero-order valence-electron chi connectivity index (χ0n) is 11.4. The number of anilines is 1. The third kappa shape index (κ3) is 3.18. The standard InChI is InChI=1S/C13H18F2N4O.ClH/c14-10(15)6-19-5-9(4-17-19)18-13(20)11-7-1-2-8(3-7)12(11)16;/h4-5,7-8,10-12H,1-3,6,16H2,(H,18,20);1H. The Morgan fingerprint density at radius 1 is 1.48 bits per heavy atom. The first-order valence-electron chi connectivity index (χ1n) is 6.91. The number of nitrogens with zero attached hydrogens (tertiary/aromatic N) is 2. The van der Waals surface area contributed by atoms with Crippen molar-refractivity contribution < 1.29 is 13.6 Å². The van der Waals surface area contributed by atoms with Crippen molar-refractivity contribution >= 4 is 24.0 Å². The van der Waals surface area contributed by atoms with Crippen LogP contribution in [0.15, 0.2) is 12.4 Å². The molecule has 1 amide bonds. The summed E-state index contributed by atoms with van der Waals surface area (Å²) < 4.78 is 25.6. The Morgan fingerprint density at radius 2 is 2.19 bits per heavy atom. The zero-order chi connectivity index (χ0) is 14.3. The highest BCUT2D eigenvalue weighted by atomic mass is 35.5. The molecule has 2 aliphatic rings. The van der Waals surface area contributed by atoms with Gasteiger partial charge in [-0.15, -0.1) is 12.4 Å². The molecule has 1 aromatic heterocycles. The number of halogens is 3. The van der Waals surface area contributed by atoms with Crippen LogP contribution in [0.25, 0.3) is 0 Å². The van der Waals surface area contributed by atoms with Crippen molar-refractivity contribution in [3.63, 3.8) is 0 Å². The minimum Gasteiger partial charge on any atom is -0.327 e. The normalized spacial score (nSPS) is 30.5. The summed E-state index contributed by atoms with van der Waals surface area (Å²) in [6.07, 6.45) is 3.55. The average Bonchev–Trinajstić information content (AvgIpc) is 3.04. The summed E-state index contributed by atoms with van der Waals surface area (Å²) in [5.74, 6) is 0.553. The van der Waals surface area contributed by atoms with E-state index in [1.807, 2.05) is 0 Å². The largest absolute Gasteiger partial charge is 0.327 e. The Kier molecular flexibility index (Phi) is 4.83. The maximum Gasteiger partial charge on any atom is 0.257 e. The molecular formula is C13H19ClF2N4O. The van der Waals surface area contributed by atoms with E-state index in [0.717, 1.165) is 23.9 Å². The lowest BCUT2D eigenvalue weighted by Crippen LogP contribution is -2.42. The second kappa shape index (κ2) is 6.27. The zero-order valence-corrected chi connectivity index (χ0v) is 12.2. The van der Waals surface area contributed by atoms with Gasteiger partial charge in [0.2, 0.25) is 5.91 Å². The summed E-state index contributed by atoms with van der Waals surface area (Å²) in [6, 6.07) is -0.0788. The van der Waals surface area contributed by atoms with E-state index in [1.54, 1.807) is 0 Å². The van der Waals surface area contributed by atoms with Gasteiger partial charge in [0.1, 0.15) is 6.54 Å². The summed E-state index contributed by atoms with van der Waals surface area (Å²) in [7, 11) is 0. The van der Waals surface area contributed by atoms with E-state index in [2.05, 4.69) is 10.4 Å². The van der Waals surface area contributed by atoms with Crippen molar-refractivity contribution in [2.24, 2.45) is 23.5 Å². The van der Waals surface area contributed by atoms with Crippen LogP contribution in [0.1, 0.15) is 19.3 Å². The predicted octanol–water partition coefficient (Wildman–Crippen LogP) is 1.88. The third-order valence-electron chi connectivity index (χ3n) is 4.51. The molecule has 4 unspecified atom stereocenters. The Hall–Kier alpha value is -1.21. The molecule has 21 heavy (non-hydrogen) atoms. The molecule has 3 rings (SSSR count). The van der Waals surface area contributed by atoms with Gasteiger partial charge < -0.3 is 11.1 Å². The summed E-state index contributed by atoms with van der Waals surface area (Å²) in [5, 5.41) is 6.54. The smallest absolute Gasteiger partial charge is 0.257 e. The van der Waals surface area contributed by atoms with Crippen LogP contribution in [0, 0.1) is 17.8 Å². The fraction of sp³-hybridized carbons (Fsp3) is 0.692. The van der Waals surface area contributed by atoms with Crippen LogP contribution in [0.3, 0.4) is 0 Å². The number of carbonyl (C=O) groups excluding carboxylic acids is 1. The molecule has 118 valence electrons. The molecule has 0 spiro atoms. The molecule has 0 saturated heterocycles. The van der Waals surface area contributed by atoms with Crippen molar-refractivity contribution in [3.05, 3.63) is 12.4 Å². The van der Waals surface area contributed by atoms with Crippen molar-refractivity contribution in [2.45, 2.75) is 38.3 Å². The first-order chi connectivity index (χ1) is 9.54. The first kappa shape index (κ1) is 16.2. The Morgan fingerprint density at radius 3 is 2.81 bits per heavy atom. The highest BCUT2D eigenvalue weighted by Crippen LogP contribution is 2.47. The summed E-state index contributed by atoms with van der Waals surface area (Å²) >= 11 is 0. The van der Waals surface area contributed by atoms with Gasteiger partial charge in [-0.1, -0.05) is 0 Å². The van der Waals surface area contributed by atoms with E-state index in [0.29, 0.717) is 17.5 Å². The number of hydrogen-bond donors (Lipinski definition) is 2. The molecule has 3 N–H and O–H groups in total. The van der Waals surface area contributed by atoms with Crippen molar-refractivity contribution in [2.75, 3.05) is 5.32 Å². The number of carbonyl (C=O) groups is 1.